The van der Waals surface area contributed by atoms with Gasteiger partial charge in [-0.1, -0.05) is 29.4 Å². The minimum absolute atomic E-state index is 0.168. The summed E-state index contributed by atoms with van der Waals surface area (Å²) in [6, 6.07) is 15.7. The summed E-state index contributed by atoms with van der Waals surface area (Å²) in [4.78, 5) is 16.9. The Hall–Kier alpha value is -2.77. The maximum absolute atomic E-state index is 14.0. The molecule has 0 atom stereocenters. The van der Waals surface area contributed by atoms with Crippen molar-refractivity contribution in [3.8, 4) is 11.3 Å². The minimum atomic E-state index is -0.415. The van der Waals surface area contributed by atoms with Gasteiger partial charge in [-0.05, 0) is 35.0 Å². The number of aromatic nitrogens is 1. The summed E-state index contributed by atoms with van der Waals surface area (Å²) in [7, 11) is 0. The molecule has 0 unspecified atom stereocenters. The van der Waals surface area contributed by atoms with E-state index >= 15 is 0 Å². The van der Waals surface area contributed by atoms with Crippen molar-refractivity contribution in [2.75, 3.05) is 0 Å². The summed E-state index contributed by atoms with van der Waals surface area (Å²) >= 11 is 3.19. The second-order valence-electron chi connectivity index (χ2n) is 5.88. The van der Waals surface area contributed by atoms with Gasteiger partial charge in [-0.2, -0.15) is 0 Å². The summed E-state index contributed by atoms with van der Waals surface area (Å²) in [5.74, 6) is -0.423. The summed E-state index contributed by atoms with van der Waals surface area (Å²) in [6.45, 7) is 0.965. The quantitative estimate of drug-likeness (QED) is 0.434. The minimum Gasteiger partial charge on any atom is -0.355 e. The Kier molecular flexibility index (Phi) is 5.13. The van der Waals surface area contributed by atoms with Crippen molar-refractivity contribution in [3.05, 3.63) is 86.6 Å². The van der Waals surface area contributed by atoms with Gasteiger partial charge in [0.15, 0.2) is 11.5 Å². The maximum atomic E-state index is 14.0. The average Bonchev–Trinajstić information content (AvgIpc) is 3.44. The molecule has 3 aromatic heterocycles. The predicted molar refractivity (Wildman–Crippen MR) is 104 cm³/mol. The van der Waals surface area contributed by atoms with Gasteiger partial charge in [0.05, 0.1) is 18.7 Å². The number of rotatable bonds is 6. The van der Waals surface area contributed by atoms with Gasteiger partial charge in [0, 0.05) is 15.8 Å². The molecule has 0 aliphatic rings. The third kappa shape index (κ3) is 3.99. The van der Waals surface area contributed by atoms with Crippen LogP contribution in [-0.2, 0) is 13.1 Å². The van der Waals surface area contributed by atoms with Crippen LogP contribution in [0.3, 0.4) is 0 Å². The van der Waals surface area contributed by atoms with Crippen molar-refractivity contribution in [2.24, 2.45) is 0 Å². The average molecular weight is 398 g/mol. The lowest BCUT2D eigenvalue weighted by Gasteiger charge is -2.20. The van der Waals surface area contributed by atoms with E-state index in [1.54, 1.807) is 45.8 Å². The van der Waals surface area contributed by atoms with E-state index in [4.69, 9.17) is 4.52 Å². The standard InChI is InChI=1S/C20H15FN2O2S2/c21-17-8-2-1-7-16(17)19-11-18(22-25-19)20(24)23(12-14-5-3-9-26-14)13-15-6-4-10-27-15/h1-11H,12-13H2. The van der Waals surface area contributed by atoms with Crippen molar-refractivity contribution >= 4 is 28.6 Å². The lowest BCUT2D eigenvalue weighted by molar-refractivity contribution is 0.0723. The molecule has 0 aliphatic carbocycles. The van der Waals surface area contributed by atoms with Crippen LogP contribution >= 0.6 is 22.7 Å². The van der Waals surface area contributed by atoms with Gasteiger partial charge in [-0.3, -0.25) is 4.79 Å². The highest BCUT2D eigenvalue weighted by atomic mass is 32.1. The fourth-order valence-electron chi connectivity index (χ4n) is 2.71. The fourth-order valence-corrected chi connectivity index (χ4v) is 4.15. The molecular weight excluding hydrogens is 383 g/mol. The monoisotopic (exact) mass is 398 g/mol. The molecule has 4 rings (SSSR count). The van der Waals surface area contributed by atoms with Crippen LogP contribution in [0.5, 0.6) is 0 Å². The lowest BCUT2D eigenvalue weighted by atomic mass is 10.1. The Morgan fingerprint density at radius 1 is 1.00 bits per heavy atom. The van der Waals surface area contributed by atoms with Crippen molar-refractivity contribution in [3.63, 3.8) is 0 Å². The van der Waals surface area contributed by atoms with Crippen molar-refractivity contribution < 1.29 is 13.7 Å². The van der Waals surface area contributed by atoms with Crippen molar-refractivity contribution in [1.82, 2.24) is 10.1 Å². The molecular formula is C20H15FN2O2S2. The predicted octanol–water partition coefficient (Wildman–Crippen LogP) is 5.45. The van der Waals surface area contributed by atoms with Crippen molar-refractivity contribution in [1.29, 1.82) is 0 Å². The van der Waals surface area contributed by atoms with Gasteiger partial charge in [0.25, 0.3) is 5.91 Å². The molecule has 0 fully saturated rings. The number of hydrogen-bond donors (Lipinski definition) is 0. The Morgan fingerprint density at radius 2 is 1.67 bits per heavy atom. The van der Waals surface area contributed by atoms with E-state index in [9.17, 15) is 9.18 Å². The Balaban J connectivity index is 1.60. The van der Waals surface area contributed by atoms with E-state index in [1.807, 2.05) is 35.0 Å². The Labute approximate surface area is 163 Å². The number of hydrogen-bond acceptors (Lipinski definition) is 5. The highest BCUT2D eigenvalue weighted by Crippen LogP contribution is 2.25. The third-order valence-corrected chi connectivity index (χ3v) is 5.73. The summed E-state index contributed by atoms with van der Waals surface area (Å²) < 4.78 is 19.2. The fraction of sp³-hybridized carbons (Fsp3) is 0.100. The molecule has 0 bridgehead atoms. The molecule has 4 aromatic rings. The maximum Gasteiger partial charge on any atom is 0.276 e. The number of benzene rings is 1. The van der Waals surface area contributed by atoms with Crippen LogP contribution in [0, 0.1) is 5.82 Å². The second-order valence-corrected chi connectivity index (χ2v) is 7.94. The molecule has 0 spiro atoms. The van der Waals surface area contributed by atoms with Gasteiger partial charge < -0.3 is 9.42 Å². The summed E-state index contributed by atoms with van der Waals surface area (Å²) in [6.07, 6.45) is 0. The SMILES string of the molecule is O=C(c1cc(-c2ccccc2F)on1)N(Cc1cccs1)Cc1cccs1. The second kappa shape index (κ2) is 7.85. The van der Waals surface area contributed by atoms with Crippen LogP contribution < -0.4 is 0 Å². The number of amides is 1. The molecule has 27 heavy (non-hydrogen) atoms. The number of nitrogens with zero attached hydrogens (tertiary/aromatic N) is 2. The molecule has 0 aliphatic heterocycles. The normalized spacial score (nSPS) is 10.9. The largest absolute Gasteiger partial charge is 0.355 e. The molecule has 1 amide bonds. The first-order valence-electron chi connectivity index (χ1n) is 8.26. The van der Waals surface area contributed by atoms with E-state index in [0.717, 1.165) is 9.75 Å². The lowest BCUT2D eigenvalue weighted by Crippen LogP contribution is -2.29. The van der Waals surface area contributed by atoms with Crippen LogP contribution in [0.2, 0.25) is 0 Å². The highest BCUT2D eigenvalue weighted by molar-refractivity contribution is 7.10. The van der Waals surface area contributed by atoms with Crippen LogP contribution in [0.4, 0.5) is 4.39 Å². The van der Waals surface area contributed by atoms with Gasteiger partial charge in [0.2, 0.25) is 0 Å². The third-order valence-electron chi connectivity index (χ3n) is 4.01. The zero-order valence-electron chi connectivity index (χ0n) is 14.2. The zero-order valence-corrected chi connectivity index (χ0v) is 15.8. The molecule has 0 radical (unpaired) electrons. The topological polar surface area (TPSA) is 46.3 Å². The van der Waals surface area contributed by atoms with E-state index < -0.39 is 5.82 Å². The van der Waals surface area contributed by atoms with Crippen LogP contribution in [0.1, 0.15) is 20.2 Å². The van der Waals surface area contributed by atoms with Gasteiger partial charge in [0.1, 0.15) is 5.82 Å². The first-order chi connectivity index (χ1) is 13.2. The molecule has 1 aromatic carbocycles. The Morgan fingerprint density at radius 3 is 2.26 bits per heavy atom. The molecule has 0 saturated carbocycles. The van der Waals surface area contributed by atoms with E-state index in [2.05, 4.69) is 5.16 Å². The molecule has 136 valence electrons. The Bertz CT molecular complexity index is 990. The van der Waals surface area contributed by atoms with Crippen LogP contribution in [0.25, 0.3) is 11.3 Å². The van der Waals surface area contributed by atoms with Crippen molar-refractivity contribution in [2.45, 2.75) is 13.1 Å². The van der Waals surface area contributed by atoms with Gasteiger partial charge in [-0.25, -0.2) is 4.39 Å². The van der Waals surface area contributed by atoms with Gasteiger partial charge >= 0.3 is 0 Å². The molecule has 7 heteroatoms. The summed E-state index contributed by atoms with van der Waals surface area (Å²) in [5, 5.41) is 7.85. The number of halogens is 1. The van der Waals surface area contributed by atoms with E-state index in [-0.39, 0.29) is 22.9 Å². The molecule has 0 N–H and O–H groups in total. The number of carbonyl (C=O) groups excluding carboxylic acids is 1. The smallest absolute Gasteiger partial charge is 0.276 e. The number of thiophene rings is 2. The first-order valence-corrected chi connectivity index (χ1v) is 10.0. The first kappa shape index (κ1) is 17.6. The van der Waals surface area contributed by atoms with Crippen LogP contribution in [0.15, 0.2) is 69.9 Å². The molecule has 0 saturated heterocycles. The number of carbonyl (C=O) groups is 1. The molecule has 4 nitrogen and oxygen atoms in total. The zero-order chi connectivity index (χ0) is 18.6. The van der Waals surface area contributed by atoms with Crippen LogP contribution in [-0.4, -0.2) is 16.0 Å². The summed E-state index contributed by atoms with van der Waals surface area (Å²) in [5.41, 5.74) is 0.452. The highest BCUT2D eigenvalue weighted by Gasteiger charge is 2.22. The van der Waals surface area contributed by atoms with E-state index in [1.165, 1.54) is 12.1 Å². The molecule has 3 heterocycles. The van der Waals surface area contributed by atoms with E-state index in [0.29, 0.717) is 13.1 Å². The van der Waals surface area contributed by atoms with Gasteiger partial charge in [-0.15, -0.1) is 22.7 Å².